The molecule has 6 nitrogen and oxygen atoms in total. The first kappa shape index (κ1) is 17.2. The van der Waals surface area contributed by atoms with E-state index in [1.54, 1.807) is 18.0 Å². The van der Waals surface area contributed by atoms with Crippen LogP contribution in [0.4, 0.5) is 10.1 Å². The first-order chi connectivity index (χ1) is 12.7. The van der Waals surface area contributed by atoms with Crippen LogP contribution in [0.3, 0.4) is 0 Å². The second-order valence-electron chi connectivity index (χ2n) is 6.22. The van der Waals surface area contributed by atoms with Crippen molar-refractivity contribution in [2.75, 3.05) is 29.8 Å². The normalized spacial score (nSPS) is 15.4. The van der Waals surface area contributed by atoms with Gasteiger partial charge in [0.1, 0.15) is 18.0 Å². The molecule has 4 rings (SSSR count). The van der Waals surface area contributed by atoms with Crippen LogP contribution in [0.15, 0.2) is 24.3 Å². The number of halogens is 1. The van der Waals surface area contributed by atoms with Crippen molar-refractivity contribution in [3.05, 3.63) is 35.5 Å². The third kappa shape index (κ3) is 3.14. The molecule has 8 heteroatoms. The number of fused-ring (bicyclic) bond motifs is 1. The third-order valence-corrected chi connectivity index (χ3v) is 5.51. The monoisotopic (exact) mass is 373 g/mol. The number of hydrogen-bond donors (Lipinski definition) is 0. The summed E-state index contributed by atoms with van der Waals surface area (Å²) in [7, 11) is 1.91. The summed E-state index contributed by atoms with van der Waals surface area (Å²) in [5.41, 5.74) is 4.95. The Kier molecular flexibility index (Phi) is 4.78. The van der Waals surface area contributed by atoms with Crippen molar-refractivity contribution in [3.8, 4) is 11.4 Å². The standard InChI is InChI=1S/C18H20FN5OS/c1-12-9-14(24-5-6-25-7-8-26-24)3-4-15(12)17-20-16-10-13(11-19)21-22-18(16)23(17)2/h3-4,9-10H,5-8,11H2,1-2H3. The van der Waals surface area contributed by atoms with Gasteiger partial charge in [0.15, 0.2) is 5.65 Å². The minimum absolute atomic E-state index is 0.301. The highest BCUT2D eigenvalue weighted by molar-refractivity contribution is 8.00. The molecule has 136 valence electrons. The Morgan fingerprint density at radius 3 is 2.92 bits per heavy atom. The van der Waals surface area contributed by atoms with E-state index < -0.39 is 6.67 Å². The van der Waals surface area contributed by atoms with E-state index in [4.69, 9.17) is 4.74 Å². The lowest BCUT2D eigenvalue weighted by Crippen LogP contribution is -2.17. The number of aryl methyl sites for hydroxylation is 2. The van der Waals surface area contributed by atoms with Crippen LogP contribution < -0.4 is 4.31 Å². The van der Waals surface area contributed by atoms with Gasteiger partial charge < -0.3 is 13.6 Å². The van der Waals surface area contributed by atoms with Gasteiger partial charge in [-0.05, 0) is 48.7 Å². The van der Waals surface area contributed by atoms with Crippen LogP contribution in [-0.4, -0.2) is 45.3 Å². The molecule has 0 radical (unpaired) electrons. The van der Waals surface area contributed by atoms with E-state index in [0.29, 0.717) is 16.9 Å². The topological polar surface area (TPSA) is 56.1 Å². The first-order valence-corrected chi connectivity index (χ1v) is 9.46. The minimum atomic E-state index is -0.639. The highest BCUT2D eigenvalue weighted by Gasteiger charge is 2.16. The molecule has 1 aliphatic heterocycles. The molecule has 1 fully saturated rings. The summed E-state index contributed by atoms with van der Waals surface area (Å²) in [6, 6.07) is 8.02. The molecular weight excluding hydrogens is 353 g/mol. The van der Waals surface area contributed by atoms with E-state index in [0.717, 1.165) is 42.5 Å². The Labute approximate surface area is 155 Å². The maximum Gasteiger partial charge on any atom is 0.182 e. The molecule has 3 heterocycles. The third-order valence-electron chi connectivity index (χ3n) is 4.46. The predicted octanol–water partition coefficient (Wildman–Crippen LogP) is 3.29. The molecule has 0 amide bonds. The molecule has 26 heavy (non-hydrogen) atoms. The Bertz CT molecular complexity index is 937. The van der Waals surface area contributed by atoms with Gasteiger partial charge in [0, 0.05) is 24.1 Å². The molecule has 0 saturated carbocycles. The molecule has 0 N–H and O–H groups in total. The predicted molar refractivity (Wildman–Crippen MR) is 102 cm³/mol. The van der Waals surface area contributed by atoms with Gasteiger partial charge in [-0.2, -0.15) is 5.10 Å². The van der Waals surface area contributed by atoms with E-state index in [1.165, 1.54) is 5.69 Å². The second kappa shape index (κ2) is 7.20. The molecule has 0 aliphatic carbocycles. The average Bonchev–Trinajstić information content (AvgIpc) is 2.83. The van der Waals surface area contributed by atoms with Crippen LogP contribution in [0, 0.1) is 6.92 Å². The van der Waals surface area contributed by atoms with Gasteiger partial charge in [0.2, 0.25) is 0 Å². The maximum absolute atomic E-state index is 12.8. The number of rotatable bonds is 3. The lowest BCUT2D eigenvalue weighted by atomic mass is 10.1. The van der Waals surface area contributed by atoms with Gasteiger partial charge in [-0.25, -0.2) is 9.37 Å². The number of aromatic nitrogens is 4. The number of imidazole rings is 1. The Balaban J connectivity index is 1.71. The number of benzene rings is 1. The summed E-state index contributed by atoms with van der Waals surface area (Å²) >= 11 is 1.79. The zero-order valence-electron chi connectivity index (χ0n) is 14.8. The summed E-state index contributed by atoms with van der Waals surface area (Å²) in [6.45, 7) is 3.85. The van der Waals surface area contributed by atoms with Crippen molar-refractivity contribution < 1.29 is 9.13 Å². The fourth-order valence-corrected chi connectivity index (χ4v) is 3.99. The van der Waals surface area contributed by atoms with E-state index in [-0.39, 0.29) is 0 Å². The van der Waals surface area contributed by atoms with Gasteiger partial charge in [0.25, 0.3) is 0 Å². The molecule has 0 unspecified atom stereocenters. The highest BCUT2D eigenvalue weighted by Crippen LogP contribution is 2.31. The van der Waals surface area contributed by atoms with Gasteiger partial charge in [0.05, 0.1) is 25.5 Å². The number of alkyl halides is 1. The summed E-state index contributed by atoms with van der Waals surface area (Å²) in [4.78, 5) is 4.66. The Morgan fingerprint density at radius 1 is 1.23 bits per heavy atom. The van der Waals surface area contributed by atoms with Crippen molar-refractivity contribution in [2.45, 2.75) is 13.6 Å². The van der Waals surface area contributed by atoms with Crippen LogP contribution in [0.1, 0.15) is 11.3 Å². The van der Waals surface area contributed by atoms with Crippen molar-refractivity contribution in [1.29, 1.82) is 0 Å². The molecule has 0 bridgehead atoms. The SMILES string of the molecule is Cc1cc(N2CCOCCS2)ccc1-c1nc2cc(CF)nnc2n1C. The van der Waals surface area contributed by atoms with Crippen molar-refractivity contribution in [2.24, 2.45) is 7.05 Å². The summed E-state index contributed by atoms with van der Waals surface area (Å²) in [6.07, 6.45) is 0. The lowest BCUT2D eigenvalue weighted by Gasteiger charge is -2.21. The number of anilines is 1. The fourth-order valence-electron chi connectivity index (χ4n) is 3.11. The highest BCUT2D eigenvalue weighted by atomic mass is 32.2. The number of ether oxygens (including phenoxy) is 1. The van der Waals surface area contributed by atoms with E-state index >= 15 is 0 Å². The maximum atomic E-state index is 12.8. The molecule has 0 atom stereocenters. The lowest BCUT2D eigenvalue weighted by molar-refractivity contribution is 0.162. The van der Waals surface area contributed by atoms with Gasteiger partial charge in [-0.3, -0.25) is 0 Å². The molecule has 2 aromatic heterocycles. The largest absolute Gasteiger partial charge is 0.379 e. The van der Waals surface area contributed by atoms with Crippen molar-refractivity contribution in [3.63, 3.8) is 0 Å². The Hall–Kier alpha value is -2.19. The summed E-state index contributed by atoms with van der Waals surface area (Å²) in [5.74, 6) is 1.77. The summed E-state index contributed by atoms with van der Waals surface area (Å²) < 4.78 is 22.5. The number of nitrogens with zero attached hydrogens (tertiary/aromatic N) is 5. The number of hydrogen-bond acceptors (Lipinski definition) is 6. The van der Waals surface area contributed by atoms with Crippen LogP contribution in [-0.2, 0) is 18.5 Å². The second-order valence-corrected chi connectivity index (χ2v) is 7.33. The van der Waals surface area contributed by atoms with Crippen LogP contribution in [0.5, 0.6) is 0 Å². The van der Waals surface area contributed by atoms with Crippen LogP contribution in [0.25, 0.3) is 22.6 Å². The molecule has 1 saturated heterocycles. The fraction of sp³-hybridized carbons (Fsp3) is 0.389. The minimum Gasteiger partial charge on any atom is -0.379 e. The molecule has 1 aromatic carbocycles. The molecule has 1 aliphatic rings. The molecule has 0 spiro atoms. The van der Waals surface area contributed by atoms with Gasteiger partial charge >= 0.3 is 0 Å². The van der Waals surface area contributed by atoms with Crippen LogP contribution in [0.2, 0.25) is 0 Å². The van der Waals surface area contributed by atoms with E-state index in [2.05, 4.69) is 44.6 Å². The summed E-state index contributed by atoms with van der Waals surface area (Å²) in [5, 5.41) is 8.01. The van der Waals surface area contributed by atoms with E-state index in [1.807, 2.05) is 11.6 Å². The molecular formula is C18H20FN5OS. The first-order valence-electron chi connectivity index (χ1n) is 8.51. The zero-order chi connectivity index (χ0) is 18.1. The zero-order valence-corrected chi connectivity index (χ0v) is 15.6. The average molecular weight is 373 g/mol. The van der Waals surface area contributed by atoms with Crippen molar-refractivity contribution >= 4 is 28.8 Å². The van der Waals surface area contributed by atoms with E-state index in [9.17, 15) is 4.39 Å². The Morgan fingerprint density at radius 2 is 2.12 bits per heavy atom. The van der Waals surface area contributed by atoms with Crippen molar-refractivity contribution in [1.82, 2.24) is 19.7 Å². The van der Waals surface area contributed by atoms with Crippen LogP contribution >= 0.6 is 11.9 Å². The molecule has 3 aromatic rings. The smallest absolute Gasteiger partial charge is 0.182 e. The van der Waals surface area contributed by atoms with Gasteiger partial charge in [-0.1, -0.05) is 0 Å². The van der Waals surface area contributed by atoms with Gasteiger partial charge in [-0.15, -0.1) is 5.10 Å². The quantitative estimate of drug-likeness (QED) is 0.657.